The second kappa shape index (κ2) is 3.93. The SMILES string of the molecule is C=C1CC2C(CC1F)OCC(=O)N2CC. The van der Waals surface area contributed by atoms with E-state index in [4.69, 9.17) is 4.74 Å². The Labute approximate surface area is 88.9 Å². The van der Waals surface area contributed by atoms with Crippen molar-refractivity contribution in [2.45, 2.75) is 38.1 Å². The minimum absolute atomic E-state index is 0.00357. The van der Waals surface area contributed by atoms with Crippen LogP contribution in [-0.2, 0) is 9.53 Å². The zero-order chi connectivity index (χ0) is 11.0. The van der Waals surface area contributed by atoms with Gasteiger partial charge >= 0.3 is 0 Å². The molecule has 1 aliphatic carbocycles. The van der Waals surface area contributed by atoms with E-state index in [9.17, 15) is 9.18 Å². The second-order valence-corrected chi connectivity index (χ2v) is 4.16. The van der Waals surface area contributed by atoms with Gasteiger partial charge in [0.05, 0.1) is 12.1 Å². The lowest BCUT2D eigenvalue weighted by atomic mass is 9.85. The molecule has 4 heteroatoms. The van der Waals surface area contributed by atoms with Crippen molar-refractivity contribution in [3.8, 4) is 0 Å². The van der Waals surface area contributed by atoms with E-state index in [0.29, 0.717) is 25.0 Å². The number of carbonyl (C=O) groups is 1. The van der Waals surface area contributed by atoms with Crippen molar-refractivity contribution in [2.24, 2.45) is 0 Å². The van der Waals surface area contributed by atoms with Gasteiger partial charge in [0.15, 0.2) is 0 Å². The molecule has 0 N–H and O–H groups in total. The van der Waals surface area contributed by atoms with Crippen LogP contribution in [0.4, 0.5) is 4.39 Å². The summed E-state index contributed by atoms with van der Waals surface area (Å²) in [6.07, 6.45) is -0.250. The first kappa shape index (κ1) is 10.6. The van der Waals surface area contributed by atoms with Crippen LogP contribution >= 0.6 is 0 Å². The van der Waals surface area contributed by atoms with Crippen LogP contribution in [0.1, 0.15) is 19.8 Å². The molecule has 1 amide bonds. The number of alkyl halides is 1. The average molecular weight is 213 g/mol. The van der Waals surface area contributed by atoms with Crippen molar-refractivity contribution in [1.29, 1.82) is 0 Å². The number of carbonyl (C=O) groups excluding carboxylic acids is 1. The van der Waals surface area contributed by atoms with E-state index < -0.39 is 6.17 Å². The molecule has 3 unspecified atom stereocenters. The van der Waals surface area contributed by atoms with Gasteiger partial charge in [0.2, 0.25) is 5.91 Å². The lowest BCUT2D eigenvalue weighted by Gasteiger charge is -2.44. The largest absolute Gasteiger partial charge is 0.366 e. The summed E-state index contributed by atoms with van der Waals surface area (Å²) in [5.41, 5.74) is 0.591. The molecular formula is C11H16FNO2. The van der Waals surface area contributed by atoms with E-state index in [1.54, 1.807) is 4.90 Å². The van der Waals surface area contributed by atoms with Gasteiger partial charge in [-0.25, -0.2) is 4.39 Å². The van der Waals surface area contributed by atoms with E-state index in [2.05, 4.69) is 6.58 Å². The van der Waals surface area contributed by atoms with Crippen LogP contribution in [-0.4, -0.2) is 42.3 Å². The Kier molecular flexibility index (Phi) is 2.78. The number of fused-ring (bicyclic) bond motifs is 1. The first-order chi connectivity index (χ1) is 7.13. The number of hydrogen-bond acceptors (Lipinski definition) is 2. The van der Waals surface area contributed by atoms with Crippen LogP contribution < -0.4 is 0 Å². The molecule has 2 rings (SSSR count). The van der Waals surface area contributed by atoms with E-state index in [0.717, 1.165) is 0 Å². The summed E-state index contributed by atoms with van der Waals surface area (Å²) >= 11 is 0. The maximum absolute atomic E-state index is 13.4. The summed E-state index contributed by atoms with van der Waals surface area (Å²) in [7, 11) is 0. The highest BCUT2D eigenvalue weighted by atomic mass is 19.1. The van der Waals surface area contributed by atoms with Crippen LogP contribution in [0.2, 0.25) is 0 Å². The van der Waals surface area contributed by atoms with Gasteiger partial charge in [-0.1, -0.05) is 6.58 Å². The van der Waals surface area contributed by atoms with Crippen molar-refractivity contribution in [3.05, 3.63) is 12.2 Å². The molecular weight excluding hydrogens is 197 g/mol. The number of likely N-dealkylation sites (N-methyl/N-ethyl adjacent to an activating group) is 1. The summed E-state index contributed by atoms with van der Waals surface area (Å²) < 4.78 is 18.8. The number of hydrogen-bond donors (Lipinski definition) is 0. The zero-order valence-electron chi connectivity index (χ0n) is 8.91. The van der Waals surface area contributed by atoms with E-state index in [1.807, 2.05) is 6.92 Å². The van der Waals surface area contributed by atoms with Gasteiger partial charge in [0.25, 0.3) is 0 Å². The maximum Gasteiger partial charge on any atom is 0.248 e. The Morgan fingerprint density at radius 2 is 2.40 bits per heavy atom. The third kappa shape index (κ3) is 1.78. The molecule has 1 heterocycles. The van der Waals surface area contributed by atoms with Crippen LogP contribution in [0, 0.1) is 0 Å². The monoisotopic (exact) mass is 213 g/mol. The lowest BCUT2D eigenvalue weighted by molar-refractivity contribution is -0.160. The van der Waals surface area contributed by atoms with Gasteiger partial charge in [-0.3, -0.25) is 4.79 Å². The molecule has 0 aromatic rings. The molecule has 0 aromatic heterocycles. The molecule has 15 heavy (non-hydrogen) atoms. The van der Waals surface area contributed by atoms with Crippen molar-refractivity contribution in [2.75, 3.05) is 13.2 Å². The summed E-state index contributed by atoms with van der Waals surface area (Å²) in [4.78, 5) is 13.3. The predicted octanol–water partition coefficient (Wildman–Crippen LogP) is 1.29. The van der Waals surface area contributed by atoms with Crippen molar-refractivity contribution >= 4 is 5.91 Å². The first-order valence-corrected chi connectivity index (χ1v) is 5.36. The smallest absolute Gasteiger partial charge is 0.248 e. The van der Waals surface area contributed by atoms with Gasteiger partial charge in [-0.15, -0.1) is 0 Å². The first-order valence-electron chi connectivity index (χ1n) is 5.36. The maximum atomic E-state index is 13.4. The molecule has 84 valence electrons. The fourth-order valence-corrected chi connectivity index (χ4v) is 2.40. The van der Waals surface area contributed by atoms with Crippen LogP contribution in [0.3, 0.4) is 0 Å². The van der Waals surface area contributed by atoms with E-state index >= 15 is 0 Å². The zero-order valence-corrected chi connectivity index (χ0v) is 8.91. The van der Waals surface area contributed by atoms with E-state index in [-0.39, 0.29) is 24.7 Å². The molecule has 0 bridgehead atoms. The number of amides is 1. The summed E-state index contributed by atoms with van der Waals surface area (Å²) in [6.45, 7) is 6.40. The quantitative estimate of drug-likeness (QED) is 0.614. The van der Waals surface area contributed by atoms with Crippen molar-refractivity contribution < 1.29 is 13.9 Å². The second-order valence-electron chi connectivity index (χ2n) is 4.16. The van der Waals surface area contributed by atoms with Gasteiger partial charge in [-0.2, -0.15) is 0 Å². The fraction of sp³-hybridized carbons (Fsp3) is 0.727. The summed E-state index contributed by atoms with van der Waals surface area (Å²) in [6, 6.07) is -0.00394. The summed E-state index contributed by atoms with van der Waals surface area (Å²) in [5, 5.41) is 0. The molecule has 1 saturated heterocycles. The molecule has 3 atom stereocenters. The fourth-order valence-electron chi connectivity index (χ4n) is 2.40. The van der Waals surface area contributed by atoms with Gasteiger partial charge in [-0.05, 0) is 18.9 Å². The molecule has 2 aliphatic rings. The topological polar surface area (TPSA) is 29.5 Å². The minimum atomic E-state index is -0.974. The highest BCUT2D eigenvalue weighted by Gasteiger charge is 2.41. The third-order valence-corrected chi connectivity index (χ3v) is 3.26. The summed E-state index contributed by atoms with van der Waals surface area (Å²) in [5.74, 6) is 0.00357. The number of ether oxygens (including phenoxy) is 1. The predicted molar refractivity (Wildman–Crippen MR) is 54.2 cm³/mol. The third-order valence-electron chi connectivity index (χ3n) is 3.26. The normalized spacial score (nSPS) is 36.7. The number of halogens is 1. The molecule has 2 fully saturated rings. The van der Waals surface area contributed by atoms with Crippen molar-refractivity contribution in [3.63, 3.8) is 0 Å². The van der Waals surface area contributed by atoms with Crippen LogP contribution in [0.15, 0.2) is 12.2 Å². The standard InChI is InChI=1S/C11H16FNO2/c1-3-13-9-4-7(2)8(12)5-10(9)15-6-11(13)14/h8-10H,2-6H2,1H3. The van der Waals surface area contributed by atoms with Crippen molar-refractivity contribution in [1.82, 2.24) is 4.90 Å². The van der Waals surface area contributed by atoms with Crippen LogP contribution in [0.5, 0.6) is 0 Å². The van der Waals surface area contributed by atoms with Gasteiger partial charge < -0.3 is 9.64 Å². The molecule has 0 radical (unpaired) electrons. The van der Waals surface area contributed by atoms with E-state index in [1.165, 1.54) is 0 Å². The Balaban J connectivity index is 2.15. The number of nitrogens with zero attached hydrogens (tertiary/aromatic N) is 1. The van der Waals surface area contributed by atoms with Crippen LogP contribution in [0.25, 0.3) is 0 Å². The molecule has 0 spiro atoms. The van der Waals surface area contributed by atoms with Gasteiger partial charge in [0, 0.05) is 13.0 Å². The van der Waals surface area contributed by atoms with Gasteiger partial charge in [0.1, 0.15) is 12.8 Å². The number of rotatable bonds is 1. The Morgan fingerprint density at radius 3 is 3.07 bits per heavy atom. The lowest BCUT2D eigenvalue weighted by Crippen LogP contribution is -2.57. The Hall–Kier alpha value is -0.900. The molecule has 0 aromatic carbocycles. The highest BCUT2D eigenvalue weighted by Crippen LogP contribution is 2.32. The molecule has 3 nitrogen and oxygen atoms in total. The average Bonchev–Trinajstić information content (AvgIpc) is 2.21. The Bertz CT molecular complexity index is 292. The highest BCUT2D eigenvalue weighted by molar-refractivity contribution is 5.78. The molecule has 1 aliphatic heterocycles. The molecule has 1 saturated carbocycles. The number of morpholine rings is 1. The minimum Gasteiger partial charge on any atom is -0.366 e. The Morgan fingerprint density at radius 1 is 1.67 bits per heavy atom.